The number of anilines is 1. The van der Waals surface area contributed by atoms with Gasteiger partial charge in [-0.2, -0.15) is 0 Å². The van der Waals surface area contributed by atoms with Gasteiger partial charge in [-0.25, -0.2) is 4.98 Å². The molecule has 122 valence electrons. The van der Waals surface area contributed by atoms with Crippen molar-refractivity contribution < 1.29 is 0 Å². The van der Waals surface area contributed by atoms with Crippen molar-refractivity contribution in [2.24, 2.45) is 5.92 Å². The maximum absolute atomic E-state index is 4.38. The molecular formula is C17H19N7. The Hall–Kier alpha value is -2.83. The third-order valence-corrected chi connectivity index (χ3v) is 4.43. The third-order valence-electron chi connectivity index (χ3n) is 4.43. The van der Waals surface area contributed by atoms with Crippen molar-refractivity contribution in [1.29, 1.82) is 0 Å². The molecule has 0 bridgehead atoms. The lowest BCUT2D eigenvalue weighted by Crippen LogP contribution is -2.35. The van der Waals surface area contributed by atoms with E-state index in [0.717, 1.165) is 49.6 Å². The molecule has 1 fully saturated rings. The number of rotatable bonds is 4. The third kappa shape index (κ3) is 3.24. The van der Waals surface area contributed by atoms with Gasteiger partial charge in [-0.05, 0) is 30.9 Å². The highest BCUT2D eigenvalue weighted by Crippen LogP contribution is 2.23. The van der Waals surface area contributed by atoms with Gasteiger partial charge in [-0.15, -0.1) is 5.10 Å². The summed E-state index contributed by atoms with van der Waals surface area (Å²) in [4.78, 5) is 15.0. The van der Waals surface area contributed by atoms with E-state index in [4.69, 9.17) is 0 Å². The predicted octanol–water partition coefficient (Wildman–Crippen LogP) is 2.05. The number of piperidine rings is 1. The lowest BCUT2D eigenvalue weighted by atomic mass is 9.97. The second-order valence-electron chi connectivity index (χ2n) is 6.06. The van der Waals surface area contributed by atoms with Crippen molar-refractivity contribution in [1.82, 2.24) is 29.9 Å². The van der Waals surface area contributed by atoms with Crippen molar-refractivity contribution in [3.05, 3.63) is 49.3 Å². The molecule has 3 aromatic rings. The van der Waals surface area contributed by atoms with Crippen molar-refractivity contribution in [2.75, 3.05) is 18.0 Å². The lowest BCUT2D eigenvalue weighted by molar-refractivity contribution is 0.338. The molecule has 7 heteroatoms. The monoisotopic (exact) mass is 321 g/mol. The van der Waals surface area contributed by atoms with Crippen molar-refractivity contribution in [3.8, 4) is 11.3 Å². The van der Waals surface area contributed by atoms with Crippen LogP contribution in [0.25, 0.3) is 11.3 Å². The molecule has 0 unspecified atom stereocenters. The zero-order valence-corrected chi connectivity index (χ0v) is 13.4. The Bertz CT molecular complexity index is 764. The van der Waals surface area contributed by atoms with E-state index < -0.39 is 0 Å². The summed E-state index contributed by atoms with van der Waals surface area (Å²) in [6.07, 6.45) is 13.1. The average molecular weight is 321 g/mol. The van der Waals surface area contributed by atoms with Gasteiger partial charge in [-0.1, -0.05) is 5.21 Å². The van der Waals surface area contributed by atoms with Gasteiger partial charge in [0.15, 0.2) is 0 Å². The molecule has 24 heavy (non-hydrogen) atoms. The highest BCUT2D eigenvalue weighted by Gasteiger charge is 2.21. The van der Waals surface area contributed by atoms with Gasteiger partial charge >= 0.3 is 0 Å². The summed E-state index contributed by atoms with van der Waals surface area (Å²) in [5.74, 6) is 1.58. The first-order valence-corrected chi connectivity index (χ1v) is 8.20. The summed E-state index contributed by atoms with van der Waals surface area (Å²) in [5.41, 5.74) is 1.88. The zero-order valence-electron chi connectivity index (χ0n) is 13.4. The van der Waals surface area contributed by atoms with Crippen molar-refractivity contribution in [2.45, 2.75) is 19.4 Å². The van der Waals surface area contributed by atoms with Crippen LogP contribution in [0.3, 0.4) is 0 Å². The molecule has 0 radical (unpaired) electrons. The summed E-state index contributed by atoms with van der Waals surface area (Å²) < 4.78 is 1.95. The largest absolute Gasteiger partial charge is 0.355 e. The Morgan fingerprint density at radius 3 is 2.67 bits per heavy atom. The van der Waals surface area contributed by atoms with Crippen LogP contribution in [0.15, 0.2) is 49.3 Å². The fourth-order valence-corrected chi connectivity index (χ4v) is 3.10. The van der Waals surface area contributed by atoms with E-state index in [-0.39, 0.29) is 0 Å². The molecule has 7 nitrogen and oxygen atoms in total. The molecule has 0 aromatic carbocycles. The van der Waals surface area contributed by atoms with Gasteiger partial charge in [0, 0.05) is 50.0 Å². The maximum Gasteiger partial charge on any atom is 0.147 e. The average Bonchev–Trinajstić information content (AvgIpc) is 3.12. The van der Waals surface area contributed by atoms with E-state index in [2.05, 4.69) is 30.2 Å². The summed E-state index contributed by atoms with van der Waals surface area (Å²) in [6.45, 7) is 2.92. The molecule has 4 rings (SSSR count). The number of aromatic nitrogens is 6. The molecule has 1 aliphatic rings. The summed E-state index contributed by atoms with van der Waals surface area (Å²) in [7, 11) is 0. The van der Waals surface area contributed by atoms with Gasteiger partial charge in [-0.3, -0.25) is 14.6 Å². The minimum atomic E-state index is 0.612. The van der Waals surface area contributed by atoms with Crippen LogP contribution in [-0.4, -0.2) is 43.0 Å². The van der Waals surface area contributed by atoms with Crippen LogP contribution in [0.2, 0.25) is 0 Å². The van der Waals surface area contributed by atoms with Gasteiger partial charge in [0.25, 0.3) is 0 Å². The van der Waals surface area contributed by atoms with E-state index in [1.807, 2.05) is 35.4 Å². The van der Waals surface area contributed by atoms with Crippen LogP contribution < -0.4 is 4.90 Å². The zero-order chi connectivity index (χ0) is 16.2. The van der Waals surface area contributed by atoms with E-state index in [1.165, 1.54) is 0 Å². The minimum Gasteiger partial charge on any atom is -0.355 e. The van der Waals surface area contributed by atoms with Crippen molar-refractivity contribution >= 4 is 5.82 Å². The molecule has 0 saturated carbocycles. The SMILES string of the molecule is c1cncc(-c2cn(CC3CCN(c4cnccn4)CC3)nn2)c1. The molecule has 0 atom stereocenters. The predicted molar refractivity (Wildman–Crippen MR) is 90.2 cm³/mol. The molecule has 0 N–H and O–H groups in total. The summed E-state index contributed by atoms with van der Waals surface area (Å²) in [5, 5.41) is 8.53. The first kappa shape index (κ1) is 14.7. The molecule has 1 aliphatic heterocycles. The summed E-state index contributed by atoms with van der Waals surface area (Å²) >= 11 is 0. The fourth-order valence-electron chi connectivity index (χ4n) is 3.10. The van der Waals surface area contributed by atoms with Crippen LogP contribution in [0.4, 0.5) is 5.82 Å². The second kappa shape index (κ2) is 6.74. The number of hydrogen-bond acceptors (Lipinski definition) is 6. The lowest BCUT2D eigenvalue weighted by Gasteiger charge is -2.32. The van der Waals surface area contributed by atoms with Gasteiger partial charge in [0.2, 0.25) is 0 Å². The summed E-state index contributed by atoms with van der Waals surface area (Å²) in [6, 6.07) is 3.91. The first-order valence-electron chi connectivity index (χ1n) is 8.20. The van der Waals surface area contributed by atoms with Crippen molar-refractivity contribution in [3.63, 3.8) is 0 Å². The minimum absolute atomic E-state index is 0.612. The number of hydrogen-bond donors (Lipinski definition) is 0. The van der Waals surface area contributed by atoms with E-state index >= 15 is 0 Å². The molecular weight excluding hydrogens is 302 g/mol. The van der Waals surface area contributed by atoms with Gasteiger partial charge < -0.3 is 4.90 Å². The second-order valence-corrected chi connectivity index (χ2v) is 6.06. The smallest absolute Gasteiger partial charge is 0.147 e. The maximum atomic E-state index is 4.38. The van der Waals surface area contributed by atoms with Crippen LogP contribution in [0.5, 0.6) is 0 Å². The highest BCUT2D eigenvalue weighted by molar-refractivity contribution is 5.55. The standard InChI is InChI=1S/C17H19N7/c1-2-15(10-18-5-1)16-13-24(22-21-16)12-14-3-8-23(9-4-14)17-11-19-6-7-20-17/h1-2,5-7,10-11,13-14H,3-4,8-9,12H2. The number of nitrogens with zero attached hydrogens (tertiary/aromatic N) is 7. The van der Waals surface area contributed by atoms with E-state index in [1.54, 1.807) is 18.6 Å². The van der Waals surface area contributed by atoms with Crippen LogP contribution in [-0.2, 0) is 6.54 Å². The Labute approximate surface area is 140 Å². The Kier molecular flexibility index (Phi) is 4.14. The topological polar surface area (TPSA) is 72.6 Å². The molecule has 4 heterocycles. The molecule has 0 amide bonds. The molecule has 1 saturated heterocycles. The molecule has 3 aromatic heterocycles. The number of pyridine rings is 1. The van der Waals surface area contributed by atoms with Gasteiger partial charge in [0.1, 0.15) is 11.5 Å². The fraction of sp³-hybridized carbons (Fsp3) is 0.353. The van der Waals surface area contributed by atoms with Crippen LogP contribution in [0.1, 0.15) is 12.8 Å². The highest BCUT2D eigenvalue weighted by atomic mass is 15.4. The Balaban J connectivity index is 1.35. The Morgan fingerprint density at radius 1 is 1.04 bits per heavy atom. The van der Waals surface area contributed by atoms with Gasteiger partial charge in [0.05, 0.1) is 12.4 Å². The molecule has 0 aliphatic carbocycles. The van der Waals surface area contributed by atoms with Crippen LogP contribution in [0, 0.1) is 5.92 Å². The van der Waals surface area contributed by atoms with E-state index in [0.29, 0.717) is 5.92 Å². The van der Waals surface area contributed by atoms with E-state index in [9.17, 15) is 0 Å². The molecule has 0 spiro atoms. The quantitative estimate of drug-likeness (QED) is 0.732. The first-order chi connectivity index (χ1) is 11.9. The van der Waals surface area contributed by atoms with Crippen LogP contribution >= 0.6 is 0 Å². The normalized spacial score (nSPS) is 15.6. The Morgan fingerprint density at radius 2 is 1.92 bits per heavy atom.